The Morgan fingerprint density at radius 1 is 1.29 bits per heavy atom. The van der Waals surface area contributed by atoms with Gasteiger partial charge in [0, 0.05) is 6.04 Å². The Bertz CT molecular complexity index is 375. The summed E-state index contributed by atoms with van der Waals surface area (Å²) in [5, 5.41) is 3.34. The summed E-state index contributed by atoms with van der Waals surface area (Å²) >= 11 is 0. The monoisotopic (exact) mass is 233 g/mol. The van der Waals surface area contributed by atoms with Gasteiger partial charge in [-0.3, -0.25) is 10.1 Å². The minimum atomic E-state index is -0.150. The van der Waals surface area contributed by atoms with Crippen molar-refractivity contribution in [1.29, 1.82) is 0 Å². The normalized spacial score (nSPS) is 23.9. The zero-order valence-electron chi connectivity index (χ0n) is 10.3. The van der Waals surface area contributed by atoms with E-state index in [1.54, 1.807) is 0 Å². The first kappa shape index (κ1) is 12.1. The molecule has 3 heteroatoms. The molecule has 0 aliphatic carbocycles. The fourth-order valence-electron chi connectivity index (χ4n) is 2.19. The molecule has 2 atom stereocenters. The third-order valence-corrected chi connectivity index (χ3v) is 2.98. The van der Waals surface area contributed by atoms with E-state index >= 15 is 0 Å². The SMILES string of the molecule is CC(C)OC(=O)C1CCC(c2ccccc2)N1. The Hall–Kier alpha value is -1.35. The highest BCUT2D eigenvalue weighted by Crippen LogP contribution is 2.26. The van der Waals surface area contributed by atoms with Crippen LogP contribution in [-0.2, 0) is 9.53 Å². The minimum absolute atomic E-state index is 0.0416. The van der Waals surface area contributed by atoms with Crippen molar-refractivity contribution in [3.8, 4) is 0 Å². The quantitative estimate of drug-likeness (QED) is 0.815. The van der Waals surface area contributed by atoms with Gasteiger partial charge in [-0.1, -0.05) is 30.3 Å². The lowest BCUT2D eigenvalue weighted by Gasteiger charge is -2.15. The van der Waals surface area contributed by atoms with Crippen LogP contribution in [0.3, 0.4) is 0 Å². The molecule has 0 bridgehead atoms. The fourth-order valence-corrected chi connectivity index (χ4v) is 2.19. The molecule has 17 heavy (non-hydrogen) atoms. The van der Waals surface area contributed by atoms with Crippen molar-refractivity contribution in [2.24, 2.45) is 0 Å². The molecule has 1 aliphatic heterocycles. The van der Waals surface area contributed by atoms with Crippen LogP contribution >= 0.6 is 0 Å². The highest BCUT2D eigenvalue weighted by atomic mass is 16.5. The van der Waals surface area contributed by atoms with Crippen LogP contribution in [0.25, 0.3) is 0 Å². The van der Waals surface area contributed by atoms with E-state index in [1.807, 2.05) is 32.0 Å². The van der Waals surface area contributed by atoms with Gasteiger partial charge < -0.3 is 4.74 Å². The van der Waals surface area contributed by atoms with Crippen LogP contribution in [0.5, 0.6) is 0 Å². The number of benzene rings is 1. The number of nitrogens with one attached hydrogen (secondary N) is 1. The number of carbonyl (C=O) groups excluding carboxylic acids is 1. The number of hydrogen-bond acceptors (Lipinski definition) is 3. The van der Waals surface area contributed by atoms with Gasteiger partial charge in [0.1, 0.15) is 6.04 Å². The number of carbonyl (C=O) groups is 1. The molecular weight excluding hydrogens is 214 g/mol. The Morgan fingerprint density at radius 2 is 2.00 bits per heavy atom. The average molecular weight is 233 g/mol. The first-order valence-electron chi connectivity index (χ1n) is 6.18. The lowest BCUT2D eigenvalue weighted by atomic mass is 10.1. The van der Waals surface area contributed by atoms with E-state index in [-0.39, 0.29) is 24.2 Å². The van der Waals surface area contributed by atoms with Crippen LogP contribution in [0.15, 0.2) is 30.3 Å². The van der Waals surface area contributed by atoms with Crippen molar-refractivity contribution in [3.63, 3.8) is 0 Å². The molecule has 1 aliphatic rings. The van der Waals surface area contributed by atoms with Gasteiger partial charge in [0.15, 0.2) is 0 Å². The number of rotatable bonds is 3. The molecule has 0 radical (unpaired) electrons. The van der Waals surface area contributed by atoms with Crippen LogP contribution in [-0.4, -0.2) is 18.1 Å². The van der Waals surface area contributed by atoms with Crippen LogP contribution in [0.2, 0.25) is 0 Å². The zero-order valence-corrected chi connectivity index (χ0v) is 10.3. The molecule has 1 aromatic carbocycles. The summed E-state index contributed by atoms with van der Waals surface area (Å²) in [4.78, 5) is 11.7. The molecule has 1 aromatic rings. The maximum absolute atomic E-state index is 11.7. The summed E-state index contributed by atoms with van der Waals surface area (Å²) < 4.78 is 5.22. The molecule has 1 heterocycles. The van der Waals surface area contributed by atoms with Crippen LogP contribution in [0.4, 0.5) is 0 Å². The number of esters is 1. The smallest absolute Gasteiger partial charge is 0.323 e. The van der Waals surface area contributed by atoms with Crippen molar-refractivity contribution in [2.75, 3.05) is 0 Å². The summed E-state index contributed by atoms with van der Waals surface area (Å²) in [6.07, 6.45) is 1.80. The second-order valence-electron chi connectivity index (χ2n) is 4.75. The summed E-state index contributed by atoms with van der Waals surface area (Å²) in [7, 11) is 0. The van der Waals surface area contributed by atoms with Crippen molar-refractivity contribution < 1.29 is 9.53 Å². The molecule has 92 valence electrons. The van der Waals surface area contributed by atoms with E-state index in [2.05, 4.69) is 17.4 Å². The van der Waals surface area contributed by atoms with Crippen LogP contribution in [0, 0.1) is 0 Å². The van der Waals surface area contributed by atoms with Crippen molar-refractivity contribution in [2.45, 2.75) is 44.9 Å². The Morgan fingerprint density at radius 3 is 2.65 bits per heavy atom. The average Bonchev–Trinajstić information content (AvgIpc) is 2.78. The summed E-state index contributed by atoms with van der Waals surface area (Å²) in [5.41, 5.74) is 1.24. The molecular formula is C14H19NO2. The molecule has 2 unspecified atom stereocenters. The molecule has 0 aromatic heterocycles. The molecule has 0 spiro atoms. The third kappa shape index (κ3) is 3.07. The van der Waals surface area contributed by atoms with Crippen LogP contribution < -0.4 is 5.32 Å². The van der Waals surface area contributed by atoms with Gasteiger partial charge in [-0.15, -0.1) is 0 Å². The van der Waals surface area contributed by atoms with Gasteiger partial charge in [0.25, 0.3) is 0 Å². The Labute approximate surface area is 102 Å². The molecule has 1 saturated heterocycles. The highest BCUT2D eigenvalue weighted by Gasteiger charge is 2.31. The van der Waals surface area contributed by atoms with E-state index in [4.69, 9.17) is 4.74 Å². The lowest BCUT2D eigenvalue weighted by molar-refractivity contribution is -0.149. The highest BCUT2D eigenvalue weighted by molar-refractivity contribution is 5.76. The van der Waals surface area contributed by atoms with Gasteiger partial charge in [0.05, 0.1) is 6.10 Å². The number of ether oxygens (including phenoxy) is 1. The van der Waals surface area contributed by atoms with Gasteiger partial charge in [-0.25, -0.2) is 0 Å². The second-order valence-corrected chi connectivity index (χ2v) is 4.75. The molecule has 1 fully saturated rings. The largest absolute Gasteiger partial charge is 0.462 e. The van der Waals surface area contributed by atoms with Crippen molar-refractivity contribution in [1.82, 2.24) is 5.32 Å². The predicted octanol–water partition coefficient (Wildman–Crippen LogP) is 2.43. The maximum Gasteiger partial charge on any atom is 0.323 e. The van der Waals surface area contributed by atoms with Gasteiger partial charge >= 0.3 is 5.97 Å². The molecule has 0 amide bonds. The standard InChI is InChI=1S/C14H19NO2/c1-10(2)17-14(16)13-9-8-12(15-13)11-6-4-3-5-7-11/h3-7,10,12-13,15H,8-9H2,1-2H3. The van der Waals surface area contributed by atoms with E-state index in [1.165, 1.54) is 5.56 Å². The minimum Gasteiger partial charge on any atom is -0.462 e. The van der Waals surface area contributed by atoms with Gasteiger partial charge in [-0.2, -0.15) is 0 Å². The van der Waals surface area contributed by atoms with E-state index in [0.29, 0.717) is 0 Å². The molecule has 2 rings (SSSR count). The maximum atomic E-state index is 11.7. The Kier molecular flexibility index (Phi) is 3.79. The number of hydrogen-bond donors (Lipinski definition) is 1. The van der Waals surface area contributed by atoms with Crippen molar-refractivity contribution >= 4 is 5.97 Å². The summed E-state index contributed by atoms with van der Waals surface area (Å²) in [6.45, 7) is 3.75. The lowest BCUT2D eigenvalue weighted by Crippen LogP contribution is -2.35. The first-order chi connectivity index (χ1) is 8.16. The van der Waals surface area contributed by atoms with Gasteiger partial charge in [0.2, 0.25) is 0 Å². The van der Waals surface area contributed by atoms with Crippen LogP contribution in [0.1, 0.15) is 38.3 Å². The predicted molar refractivity (Wildman–Crippen MR) is 66.6 cm³/mol. The second kappa shape index (κ2) is 5.32. The summed E-state index contributed by atoms with van der Waals surface area (Å²) in [5.74, 6) is -0.126. The molecule has 3 nitrogen and oxygen atoms in total. The third-order valence-electron chi connectivity index (χ3n) is 2.98. The fraction of sp³-hybridized carbons (Fsp3) is 0.500. The van der Waals surface area contributed by atoms with E-state index in [0.717, 1.165) is 12.8 Å². The van der Waals surface area contributed by atoms with Crippen molar-refractivity contribution in [3.05, 3.63) is 35.9 Å². The van der Waals surface area contributed by atoms with E-state index < -0.39 is 0 Å². The Balaban J connectivity index is 1.94. The van der Waals surface area contributed by atoms with E-state index in [9.17, 15) is 4.79 Å². The zero-order chi connectivity index (χ0) is 12.3. The topological polar surface area (TPSA) is 38.3 Å². The first-order valence-corrected chi connectivity index (χ1v) is 6.18. The molecule has 0 saturated carbocycles. The molecule has 1 N–H and O–H groups in total. The summed E-state index contributed by atoms with van der Waals surface area (Å²) in [6, 6.07) is 10.4. The van der Waals surface area contributed by atoms with Gasteiger partial charge in [-0.05, 0) is 32.3 Å².